The fraction of sp³-hybridized carbons (Fsp3) is 0.588. The Morgan fingerprint density at radius 3 is 2.53 bits per heavy atom. The predicted octanol–water partition coefficient (Wildman–Crippen LogP) is 3.35. The van der Waals surface area contributed by atoms with Gasteiger partial charge in [0.1, 0.15) is 0 Å². The highest BCUT2D eigenvalue weighted by Crippen LogP contribution is 2.53. The number of rotatable bonds is 3. The molecule has 2 nitrogen and oxygen atoms in total. The number of ether oxygens (including phenoxy) is 1. The lowest BCUT2D eigenvalue weighted by Crippen LogP contribution is -2.43. The molecule has 19 heavy (non-hydrogen) atoms. The van der Waals surface area contributed by atoms with E-state index in [1.54, 1.807) is 0 Å². The average Bonchev–Trinajstić information content (AvgIpc) is 2.87. The first-order valence-electron chi connectivity index (χ1n) is 6.88. The van der Waals surface area contributed by atoms with Crippen LogP contribution in [0.25, 0.3) is 0 Å². The molecule has 0 N–H and O–H groups in total. The second-order valence-corrected chi connectivity index (χ2v) is 6.14. The molecule has 0 aromatic carbocycles. The minimum absolute atomic E-state index is 0.186. The zero-order valence-electron chi connectivity index (χ0n) is 12.1. The highest BCUT2D eigenvalue weighted by Gasteiger charge is 2.53. The molecule has 0 spiro atoms. The zero-order chi connectivity index (χ0) is 14.2. The van der Waals surface area contributed by atoms with Crippen molar-refractivity contribution >= 4 is 5.97 Å². The first-order valence-corrected chi connectivity index (χ1v) is 6.88. The lowest BCUT2D eigenvalue weighted by Gasteiger charge is -2.37. The number of carbonyl (C=O) groups excluding carboxylic acids is 1. The average molecular weight is 258 g/mol. The molecule has 0 aliphatic heterocycles. The van der Waals surface area contributed by atoms with Crippen LogP contribution in [-0.2, 0) is 9.53 Å². The molecule has 2 aliphatic rings. The van der Waals surface area contributed by atoms with Gasteiger partial charge in [0.05, 0.1) is 0 Å². The summed E-state index contributed by atoms with van der Waals surface area (Å²) < 4.78 is 5.50. The van der Waals surface area contributed by atoms with Gasteiger partial charge in [-0.25, -0.2) is 0 Å². The van der Waals surface area contributed by atoms with E-state index in [1.807, 2.05) is 6.92 Å². The van der Waals surface area contributed by atoms with Crippen molar-refractivity contribution in [2.24, 2.45) is 23.7 Å². The second-order valence-electron chi connectivity index (χ2n) is 6.14. The van der Waals surface area contributed by atoms with Crippen molar-refractivity contribution in [2.45, 2.75) is 39.7 Å². The Labute approximate surface area is 115 Å². The molecule has 102 valence electrons. The zero-order valence-corrected chi connectivity index (χ0v) is 12.1. The van der Waals surface area contributed by atoms with Crippen molar-refractivity contribution in [3.8, 4) is 12.3 Å². The third-order valence-corrected chi connectivity index (χ3v) is 4.32. The van der Waals surface area contributed by atoms with E-state index in [9.17, 15) is 4.79 Å². The SMILES string of the molecule is C#CC(C)(OC(C)=O)C1C2C=CC(C2)C1C=C(C)C. The number of terminal acetylenes is 1. The van der Waals surface area contributed by atoms with Crippen LogP contribution in [0.4, 0.5) is 0 Å². The summed E-state index contributed by atoms with van der Waals surface area (Å²) in [5.74, 6) is 3.95. The molecule has 2 aliphatic carbocycles. The van der Waals surface area contributed by atoms with Gasteiger partial charge in [-0.2, -0.15) is 0 Å². The predicted molar refractivity (Wildman–Crippen MR) is 76.2 cm³/mol. The van der Waals surface area contributed by atoms with E-state index in [-0.39, 0.29) is 11.9 Å². The maximum absolute atomic E-state index is 11.4. The van der Waals surface area contributed by atoms with E-state index in [0.717, 1.165) is 6.42 Å². The Hall–Kier alpha value is -1.49. The summed E-state index contributed by atoms with van der Waals surface area (Å²) in [6.45, 7) is 7.51. The largest absolute Gasteiger partial charge is 0.446 e. The third-order valence-electron chi connectivity index (χ3n) is 4.32. The summed E-state index contributed by atoms with van der Waals surface area (Å²) in [6.07, 6.45) is 13.6. The molecule has 1 saturated carbocycles. The van der Waals surface area contributed by atoms with E-state index in [4.69, 9.17) is 11.2 Å². The Bertz CT molecular complexity index is 476. The molecule has 0 aromatic rings. The molecule has 5 atom stereocenters. The summed E-state index contributed by atoms with van der Waals surface area (Å²) in [6, 6.07) is 0. The lowest BCUT2D eigenvalue weighted by atomic mass is 9.72. The molecular weight excluding hydrogens is 236 g/mol. The Morgan fingerprint density at radius 1 is 1.37 bits per heavy atom. The van der Waals surface area contributed by atoms with E-state index >= 15 is 0 Å². The number of fused-ring (bicyclic) bond motifs is 2. The van der Waals surface area contributed by atoms with Crippen LogP contribution in [0.15, 0.2) is 23.8 Å². The van der Waals surface area contributed by atoms with Gasteiger partial charge >= 0.3 is 5.97 Å². The number of hydrogen-bond acceptors (Lipinski definition) is 2. The van der Waals surface area contributed by atoms with Gasteiger partial charge in [-0.05, 0) is 44.9 Å². The number of esters is 1. The molecule has 2 bridgehead atoms. The number of allylic oxidation sites excluding steroid dienone is 4. The molecule has 0 amide bonds. The Balaban J connectivity index is 2.35. The van der Waals surface area contributed by atoms with Crippen LogP contribution in [0, 0.1) is 36.0 Å². The van der Waals surface area contributed by atoms with Crippen LogP contribution in [0.2, 0.25) is 0 Å². The van der Waals surface area contributed by atoms with Gasteiger partial charge in [0.15, 0.2) is 5.60 Å². The van der Waals surface area contributed by atoms with E-state index in [1.165, 1.54) is 12.5 Å². The summed E-state index contributed by atoms with van der Waals surface area (Å²) in [7, 11) is 0. The third kappa shape index (κ3) is 2.47. The first kappa shape index (κ1) is 13.9. The number of hydrogen-bond donors (Lipinski definition) is 0. The Kier molecular flexibility index (Phi) is 3.58. The minimum atomic E-state index is -0.813. The van der Waals surface area contributed by atoms with Crippen molar-refractivity contribution in [1.82, 2.24) is 0 Å². The Morgan fingerprint density at radius 2 is 2.00 bits per heavy atom. The fourth-order valence-corrected chi connectivity index (χ4v) is 3.74. The maximum Gasteiger partial charge on any atom is 0.304 e. The van der Waals surface area contributed by atoms with Gasteiger partial charge in [-0.1, -0.05) is 29.7 Å². The van der Waals surface area contributed by atoms with Crippen LogP contribution in [-0.4, -0.2) is 11.6 Å². The molecule has 0 aromatic heterocycles. The van der Waals surface area contributed by atoms with Gasteiger partial charge in [-0.15, -0.1) is 6.42 Å². The van der Waals surface area contributed by atoms with Crippen LogP contribution in [0.3, 0.4) is 0 Å². The molecule has 0 saturated heterocycles. The lowest BCUT2D eigenvalue weighted by molar-refractivity contribution is -0.156. The van der Waals surface area contributed by atoms with E-state index < -0.39 is 5.60 Å². The van der Waals surface area contributed by atoms with Crippen LogP contribution < -0.4 is 0 Å². The van der Waals surface area contributed by atoms with Crippen molar-refractivity contribution in [3.63, 3.8) is 0 Å². The van der Waals surface area contributed by atoms with Crippen molar-refractivity contribution in [3.05, 3.63) is 23.8 Å². The van der Waals surface area contributed by atoms with Crippen molar-refractivity contribution in [1.29, 1.82) is 0 Å². The van der Waals surface area contributed by atoms with Gasteiger partial charge < -0.3 is 4.74 Å². The standard InChI is InChI=1S/C17H22O2/c1-6-17(5,19-12(4)18)16-14-8-7-13(10-14)15(16)9-11(2)3/h1,7-9,13-16H,10H2,2-5H3. The van der Waals surface area contributed by atoms with E-state index in [2.05, 4.69) is 38.0 Å². The smallest absolute Gasteiger partial charge is 0.304 e. The summed E-state index contributed by atoms with van der Waals surface area (Å²) in [4.78, 5) is 11.4. The minimum Gasteiger partial charge on any atom is -0.446 e. The van der Waals surface area contributed by atoms with Gasteiger partial charge in [0, 0.05) is 12.8 Å². The topological polar surface area (TPSA) is 26.3 Å². The summed E-state index contributed by atoms with van der Waals surface area (Å²) in [5, 5.41) is 0. The van der Waals surface area contributed by atoms with Crippen LogP contribution in [0.1, 0.15) is 34.1 Å². The second kappa shape index (κ2) is 4.89. The highest BCUT2D eigenvalue weighted by atomic mass is 16.6. The molecule has 0 radical (unpaired) electrons. The molecule has 1 fully saturated rings. The fourth-order valence-electron chi connectivity index (χ4n) is 3.74. The normalized spacial score (nSPS) is 34.5. The van der Waals surface area contributed by atoms with Gasteiger partial charge in [0.25, 0.3) is 0 Å². The molecule has 2 heteroatoms. The quantitative estimate of drug-likeness (QED) is 0.441. The van der Waals surface area contributed by atoms with Gasteiger partial charge in [0.2, 0.25) is 0 Å². The molecule has 0 heterocycles. The summed E-state index contributed by atoms with van der Waals surface area (Å²) >= 11 is 0. The van der Waals surface area contributed by atoms with Crippen LogP contribution >= 0.6 is 0 Å². The highest BCUT2D eigenvalue weighted by molar-refractivity contribution is 5.67. The van der Waals surface area contributed by atoms with Crippen molar-refractivity contribution < 1.29 is 9.53 Å². The molecular formula is C17H22O2. The summed E-state index contributed by atoms with van der Waals surface area (Å²) in [5.41, 5.74) is 0.477. The van der Waals surface area contributed by atoms with Crippen LogP contribution in [0.5, 0.6) is 0 Å². The maximum atomic E-state index is 11.4. The first-order chi connectivity index (χ1) is 8.87. The van der Waals surface area contributed by atoms with E-state index in [0.29, 0.717) is 17.8 Å². The molecule has 2 rings (SSSR count). The number of carbonyl (C=O) groups is 1. The monoisotopic (exact) mass is 258 g/mol. The van der Waals surface area contributed by atoms with Gasteiger partial charge in [-0.3, -0.25) is 4.79 Å². The molecule has 5 unspecified atom stereocenters. The van der Waals surface area contributed by atoms with Crippen molar-refractivity contribution in [2.75, 3.05) is 0 Å².